The molecule has 5 heteroatoms. The summed E-state index contributed by atoms with van der Waals surface area (Å²) in [4.78, 5) is 17.5. The molecule has 122 valence electrons. The second kappa shape index (κ2) is 7.17. The maximum absolute atomic E-state index is 4.64. The smallest absolute Gasteiger partial charge is 0.223 e. The van der Waals surface area contributed by atoms with Gasteiger partial charge in [-0.2, -0.15) is 0 Å². The van der Waals surface area contributed by atoms with Gasteiger partial charge >= 0.3 is 0 Å². The fourth-order valence-corrected chi connectivity index (χ4v) is 2.68. The van der Waals surface area contributed by atoms with Gasteiger partial charge in [0.25, 0.3) is 0 Å². The molecule has 0 aliphatic carbocycles. The standard InChI is InChI=1S/C19H21N5/c1-13-4-5-17(15(3)22-13)18-8-11-21-19(24-18)23-14(2)12-16-6-9-20-10-7-16/h4-11,14H,12H2,1-3H3,(H,21,23,24)/t14-/m0/s1. The van der Waals surface area contributed by atoms with Crippen molar-refractivity contribution in [1.29, 1.82) is 0 Å². The molecule has 3 aromatic heterocycles. The summed E-state index contributed by atoms with van der Waals surface area (Å²) in [7, 11) is 0. The second-order valence-corrected chi connectivity index (χ2v) is 5.96. The van der Waals surface area contributed by atoms with Gasteiger partial charge in [0.1, 0.15) is 0 Å². The van der Waals surface area contributed by atoms with Crippen LogP contribution in [0.4, 0.5) is 5.95 Å². The minimum atomic E-state index is 0.222. The van der Waals surface area contributed by atoms with Crippen LogP contribution in [0.15, 0.2) is 48.9 Å². The predicted octanol–water partition coefficient (Wildman–Crippen LogP) is 3.59. The number of nitrogens with zero attached hydrogens (tertiary/aromatic N) is 4. The Bertz CT molecular complexity index is 817. The molecule has 1 atom stereocenters. The van der Waals surface area contributed by atoms with Gasteiger partial charge in [0.2, 0.25) is 5.95 Å². The van der Waals surface area contributed by atoms with Crippen molar-refractivity contribution in [2.45, 2.75) is 33.2 Å². The molecule has 3 rings (SSSR count). The minimum Gasteiger partial charge on any atom is -0.351 e. The number of pyridine rings is 2. The molecule has 0 amide bonds. The van der Waals surface area contributed by atoms with Crippen LogP contribution in [0, 0.1) is 13.8 Å². The Morgan fingerprint density at radius 1 is 0.958 bits per heavy atom. The third-order valence-corrected chi connectivity index (χ3v) is 3.82. The average molecular weight is 319 g/mol. The number of nitrogens with one attached hydrogen (secondary N) is 1. The predicted molar refractivity (Wildman–Crippen MR) is 95.8 cm³/mol. The molecule has 5 nitrogen and oxygen atoms in total. The van der Waals surface area contributed by atoms with E-state index in [9.17, 15) is 0 Å². The number of hydrogen-bond donors (Lipinski definition) is 1. The molecule has 0 fully saturated rings. The van der Waals surface area contributed by atoms with Crippen LogP contribution in [0.25, 0.3) is 11.3 Å². The van der Waals surface area contributed by atoms with E-state index in [1.807, 2.05) is 50.5 Å². The van der Waals surface area contributed by atoms with Crippen molar-refractivity contribution >= 4 is 5.95 Å². The van der Waals surface area contributed by atoms with E-state index in [-0.39, 0.29) is 6.04 Å². The Morgan fingerprint density at radius 3 is 2.50 bits per heavy atom. The first-order valence-corrected chi connectivity index (χ1v) is 8.05. The Kier molecular flexibility index (Phi) is 4.79. The topological polar surface area (TPSA) is 63.6 Å². The molecule has 0 aromatic carbocycles. The summed E-state index contributed by atoms with van der Waals surface area (Å²) in [6, 6.07) is 10.2. The van der Waals surface area contributed by atoms with Crippen LogP contribution >= 0.6 is 0 Å². The molecule has 0 saturated heterocycles. The lowest BCUT2D eigenvalue weighted by Crippen LogP contribution is -2.19. The summed E-state index contributed by atoms with van der Waals surface area (Å²) in [5.41, 5.74) is 5.14. The molecule has 3 aromatic rings. The summed E-state index contributed by atoms with van der Waals surface area (Å²) in [6.45, 7) is 6.11. The Morgan fingerprint density at radius 2 is 1.75 bits per heavy atom. The van der Waals surface area contributed by atoms with E-state index < -0.39 is 0 Å². The van der Waals surface area contributed by atoms with Crippen molar-refractivity contribution in [3.05, 3.63) is 65.9 Å². The van der Waals surface area contributed by atoms with Crippen molar-refractivity contribution in [3.63, 3.8) is 0 Å². The SMILES string of the molecule is Cc1ccc(-c2ccnc(N[C@@H](C)Cc3ccncc3)n2)c(C)n1. The van der Waals surface area contributed by atoms with Crippen LogP contribution in [0.3, 0.4) is 0 Å². The van der Waals surface area contributed by atoms with Gasteiger partial charge in [-0.1, -0.05) is 0 Å². The molecular weight excluding hydrogens is 298 g/mol. The molecule has 0 saturated carbocycles. The zero-order valence-electron chi connectivity index (χ0n) is 14.2. The molecule has 0 spiro atoms. The van der Waals surface area contributed by atoms with Crippen LogP contribution in [0.5, 0.6) is 0 Å². The second-order valence-electron chi connectivity index (χ2n) is 5.96. The van der Waals surface area contributed by atoms with Crippen molar-refractivity contribution < 1.29 is 0 Å². The van der Waals surface area contributed by atoms with Crippen molar-refractivity contribution in [3.8, 4) is 11.3 Å². The average Bonchev–Trinajstić information content (AvgIpc) is 2.56. The van der Waals surface area contributed by atoms with E-state index in [4.69, 9.17) is 0 Å². The maximum Gasteiger partial charge on any atom is 0.223 e. The molecule has 0 bridgehead atoms. The lowest BCUT2D eigenvalue weighted by Gasteiger charge is -2.14. The highest BCUT2D eigenvalue weighted by molar-refractivity contribution is 5.62. The molecular formula is C19H21N5. The highest BCUT2D eigenvalue weighted by atomic mass is 15.1. The molecule has 0 unspecified atom stereocenters. The zero-order chi connectivity index (χ0) is 16.9. The van der Waals surface area contributed by atoms with E-state index in [1.54, 1.807) is 6.20 Å². The van der Waals surface area contributed by atoms with Crippen LogP contribution in [-0.4, -0.2) is 26.0 Å². The summed E-state index contributed by atoms with van der Waals surface area (Å²) < 4.78 is 0. The molecule has 24 heavy (non-hydrogen) atoms. The minimum absolute atomic E-state index is 0.222. The van der Waals surface area contributed by atoms with Gasteiger partial charge < -0.3 is 5.32 Å². The molecule has 0 aliphatic heterocycles. The molecule has 0 aliphatic rings. The van der Waals surface area contributed by atoms with Gasteiger partial charge in [0.15, 0.2) is 0 Å². The van der Waals surface area contributed by atoms with Gasteiger partial charge in [-0.25, -0.2) is 9.97 Å². The highest BCUT2D eigenvalue weighted by Crippen LogP contribution is 2.21. The van der Waals surface area contributed by atoms with E-state index in [0.717, 1.165) is 29.1 Å². The third kappa shape index (κ3) is 3.93. The number of anilines is 1. The van der Waals surface area contributed by atoms with Crippen LogP contribution in [0.1, 0.15) is 23.9 Å². The Hall–Kier alpha value is -2.82. The Labute approximate surface area is 142 Å². The summed E-state index contributed by atoms with van der Waals surface area (Å²) in [5.74, 6) is 0.633. The van der Waals surface area contributed by atoms with E-state index in [1.165, 1.54) is 5.56 Å². The van der Waals surface area contributed by atoms with Gasteiger partial charge in [0, 0.05) is 41.6 Å². The van der Waals surface area contributed by atoms with Gasteiger partial charge in [-0.05, 0) is 63.1 Å². The van der Waals surface area contributed by atoms with Gasteiger partial charge in [-0.3, -0.25) is 9.97 Å². The van der Waals surface area contributed by atoms with Crippen molar-refractivity contribution in [1.82, 2.24) is 19.9 Å². The van der Waals surface area contributed by atoms with E-state index in [0.29, 0.717) is 5.95 Å². The number of rotatable bonds is 5. The first-order valence-electron chi connectivity index (χ1n) is 8.05. The van der Waals surface area contributed by atoms with E-state index >= 15 is 0 Å². The first kappa shape index (κ1) is 16.1. The van der Waals surface area contributed by atoms with Crippen LogP contribution in [0.2, 0.25) is 0 Å². The summed E-state index contributed by atoms with van der Waals surface area (Å²) in [5, 5.41) is 3.37. The maximum atomic E-state index is 4.64. The fourth-order valence-electron chi connectivity index (χ4n) is 2.68. The van der Waals surface area contributed by atoms with Crippen LogP contribution in [-0.2, 0) is 6.42 Å². The fraction of sp³-hybridized carbons (Fsp3) is 0.263. The normalized spacial score (nSPS) is 12.0. The monoisotopic (exact) mass is 319 g/mol. The zero-order valence-corrected chi connectivity index (χ0v) is 14.2. The van der Waals surface area contributed by atoms with Crippen LogP contribution < -0.4 is 5.32 Å². The highest BCUT2D eigenvalue weighted by Gasteiger charge is 2.09. The Balaban J connectivity index is 1.75. The van der Waals surface area contributed by atoms with E-state index in [2.05, 4.69) is 38.2 Å². The number of aryl methyl sites for hydroxylation is 2. The molecule has 0 radical (unpaired) electrons. The number of hydrogen-bond acceptors (Lipinski definition) is 5. The first-order chi connectivity index (χ1) is 11.6. The summed E-state index contributed by atoms with van der Waals surface area (Å²) in [6.07, 6.45) is 6.29. The van der Waals surface area contributed by atoms with Gasteiger partial charge in [-0.15, -0.1) is 0 Å². The quantitative estimate of drug-likeness (QED) is 0.778. The third-order valence-electron chi connectivity index (χ3n) is 3.82. The largest absolute Gasteiger partial charge is 0.351 e. The van der Waals surface area contributed by atoms with Crippen molar-refractivity contribution in [2.75, 3.05) is 5.32 Å². The summed E-state index contributed by atoms with van der Waals surface area (Å²) >= 11 is 0. The molecule has 1 N–H and O–H groups in total. The lowest BCUT2D eigenvalue weighted by molar-refractivity contribution is 0.776. The lowest BCUT2D eigenvalue weighted by atomic mass is 10.1. The molecule has 3 heterocycles. The van der Waals surface area contributed by atoms with Gasteiger partial charge in [0.05, 0.1) is 5.69 Å². The number of aromatic nitrogens is 4. The van der Waals surface area contributed by atoms with Crippen molar-refractivity contribution in [2.24, 2.45) is 0 Å².